The lowest BCUT2D eigenvalue weighted by atomic mass is 9.31. The minimum atomic E-state index is -0.177. The molecule has 13 rings (SSSR count). The van der Waals surface area contributed by atoms with Gasteiger partial charge in [-0.3, -0.25) is 0 Å². The van der Waals surface area contributed by atoms with Crippen LogP contribution in [0.5, 0.6) is 23.0 Å². The van der Waals surface area contributed by atoms with Crippen molar-refractivity contribution in [2.24, 2.45) is 0 Å². The highest BCUT2D eigenvalue weighted by molar-refractivity contribution is 8.00. The van der Waals surface area contributed by atoms with E-state index in [0.29, 0.717) is 0 Å². The molecule has 0 saturated heterocycles. The molecule has 0 radical (unpaired) electrons. The number of fused-ring (bicyclic) bond motifs is 8. The van der Waals surface area contributed by atoms with Gasteiger partial charge in [0.15, 0.2) is 0 Å². The Morgan fingerprint density at radius 2 is 0.511 bits per heavy atom. The second kappa shape index (κ2) is 22.3. The lowest BCUT2D eigenvalue weighted by molar-refractivity contribution is 0.464. The van der Waals surface area contributed by atoms with Gasteiger partial charge in [-0.2, -0.15) is 0 Å². The molecule has 9 aromatic rings. The van der Waals surface area contributed by atoms with Crippen molar-refractivity contribution in [3.8, 4) is 23.0 Å². The van der Waals surface area contributed by atoms with Crippen LogP contribution in [0.2, 0.25) is 0 Å². The van der Waals surface area contributed by atoms with Crippen LogP contribution >= 0.6 is 23.5 Å². The van der Waals surface area contributed by atoms with E-state index in [-0.39, 0.29) is 56.7 Å². The number of nitrogens with zero attached hydrogens (tertiary/aromatic N) is 2. The molecule has 0 atom stereocenters. The van der Waals surface area contributed by atoms with E-state index in [1.807, 2.05) is 23.5 Å². The summed E-state index contributed by atoms with van der Waals surface area (Å²) in [4.78, 5) is 9.92. The molecule has 4 aliphatic heterocycles. The maximum Gasteiger partial charge on any atom is 0.254 e. The molecule has 9 aromatic carbocycles. The van der Waals surface area contributed by atoms with Crippen molar-refractivity contribution in [3.05, 3.63) is 202 Å². The van der Waals surface area contributed by atoms with Gasteiger partial charge in [0.1, 0.15) is 23.0 Å². The van der Waals surface area contributed by atoms with Gasteiger partial charge in [-0.1, -0.05) is 267 Å². The maximum atomic E-state index is 7.71. The molecule has 4 aliphatic rings. The number of ether oxygens (including phenoxy) is 2. The zero-order valence-corrected chi connectivity index (χ0v) is 62.3. The lowest BCUT2D eigenvalue weighted by Gasteiger charge is -2.41. The average Bonchev–Trinajstić information content (AvgIpc) is 0.679. The third-order valence-corrected chi connectivity index (χ3v) is 22.3. The van der Waals surface area contributed by atoms with Crippen molar-refractivity contribution in [2.75, 3.05) is 9.80 Å². The Labute approximate surface area is 573 Å². The predicted octanol–water partition coefficient (Wildman–Crippen LogP) is 21.2. The van der Waals surface area contributed by atoms with Crippen molar-refractivity contribution in [3.63, 3.8) is 0 Å². The van der Waals surface area contributed by atoms with Gasteiger partial charge in [0.25, 0.3) is 13.4 Å². The van der Waals surface area contributed by atoms with Crippen molar-refractivity contribution < 1.29 is 9.47 Å². The van der Waals surface area contributed by atoms with Gasteiger partial charge in [-0.15, -0.1) is 0 Å². The standard InChI is InChI=1S/C86H98B2N2O2S2/c1-79(2,3)51-25-33-57(34-26-51)89(58-35-27-52(28-36-58)80(4,5)6)61-45-69-77-73(47-61)93-71-43-55(83(13,14)15)41-63(85(19,20)21)75(71)87(77)65-49-66-68(50-67(65)91-69)92-70-46-62(48-74-78(70)88(66)76-64(86(22,23)24)42-56(84(16,17)18)44-72(76)94-74)90(59-37-29-53(30-38-59)81(7,8)9)60-39-31-54(32-40-60)82(10,11)12/h25-50H,1-24H3. The van der Waals surface area contributed by atoms with Crippen LogP contribution in [0.4, 0.5) is 34.1 Å². The highest BCUT2D eigenvalue weighted by Crippen LogP contribution is 2.50. The molecule has 0 amide bonds. The average molecular weight is 1280 g/mol. The summed E-state index contributed by atoms with van der Waals surface area (Å²) in [6, 6.07) is 61.4. The van der Waals surface area contributed by atoms with Gasteiger partial charge in [-0.25, -0.2) is 0 Å². The van der Waals surface area contributed by atoms with E-state index in [4.69, 9.17) is 9.47 Å². The minimum absolute atomic E-state index is 0.00352. The topological polar surface area (TPSA) is 24.9 Å². The monoisotopic (exact) mass is 1280 g/mol. The first kappa shape index (κ1) is 65.7. The van der Waals surface area contributed by atoms with Crippen LogP contribution in [-0.2, 0) is 43.3 Å². The first-order valence-corrected chi connectivity index (χ1v) is 35.9. The van der Waals surface area contributed by atoms with Gasteiger partial charge in [0.2, 0.25) is 0 Å². The molecule has 0 bridgehead atoms. The van der Waals surface area contributed by atoms with Crippen LogP contribution in [0.3, 0.4) is 0 Å². The quantitative estimate of drug-likeness (QED) is 0.154. The van der Waals surface area contributed by atoms with Crippen molar-refractivity contribution in [2.45, 2.75) is 229 Å². The Hall–Kier alpha value is -6.99. The maximum absolute atomic E-state index is 7.71. The van der Waals surface area contributed by atoms with E-state index in [2.05, 4.69) is 334 Å². The van der Waals surface area contributed by atoms with Gasteiger partial charge in [0, 0.05) is 60.5 Å². The summed E-state index contributed by atoms with van der Waals surface area (Å²) in [5.41, 5.74) is 24.2. The van der Waals surface area contributed by atoms with Crippen molar-refractivity contribution in [1.29, 1.82) is 0 Å². The van der Waals surface area contributed by atoms with Gasteiger partial charge in [-0.05, 0) is 182 Å². The van der Waals surface area contributed by atoms with Crippen LogP contribution < -0.4 is 52.1 Å². The summed E-state index contributed by atoms with van der Waals surface area (Å²) in [5, 5.41) is 0. The highest BCUT2D eigenvalue weighted by atomic mass is 32.2. The van der Waals surface area contributed by atoms with E-state index in [1.165, 1.54) is 96.9 Å². The Balaban J connectivity index is 1.07. The van der Waals surface area contributed by atoms with E-state index in [1.54, 1.807) is 0 Å². The van der Waals surface area contributed by atoms with E-state index in [9.17, 15) is 0 Å². The van der Waals surface area contributed by atoms with Crippen LogP contribution in [-0.4, -0.2) is 13.4 Å². The third-order valence-electron chi connectivity index (χ3n) is 20.1. The predicted molar refractivity (Wildman–Crippen MR) is 409 cm³/mol. The molecule has 0 spiro atoms. The Morgan fingerprint density at radius 1 is 0.245 bits per heavy atom. The van der Waals surface area contributed by atoms with Crippen molar-refractivity contribution in [1.82, 2.24) is 0 Å². The van der Waals surface area contributed by atoms with E-state index in [0.717, 1.165) is 57.1 Å². The first-order valence-electron chi connectivity index (χ1n) is 34.3. The molecule has 94 heavy (non-hydrogen) atoms. The normalized spacial score (nSPS) is 14.4. The zero-order valence-electron chi connectivity index (χ0n) is 60.7. The fourth-order valence-corrected chi connectivity index (χ4v) is 16.9. The molecule has 0 aromatic heterocycles. The van der Waals surface area contributed by atoms with E-state index >= 15 is 0 Å². The number of benzene rings is 9. The number of hydrogen-bond acceptors (Lipinski definition) is 6. The molecule has 4 heterocycles. The molecule has 0 unspecified atom stereocenters. The summed E-state index contributed by atoms with van der Waals surface area (Å²) in [6.07, 6.45) is 0. The second-order valence-electron chi connectivity index (χ2n) is 35.6. The van der Waals surface area contributed by atoms with Crippen molar-refractivity contribution >= 4 is 104 Å². The molecule has 0 N–H and O–H groups in total. The number of hydrogen-bond donors (Lipinski definition) is 0. The van der Waals surface area contributed by atoms with Gasteiger partial charge >= 0.3 is 0 Å². The highest BCUT2D eigenvalue weighted by Gasteiger charge is 2.48. The fourth-order valence-electron chi connectivity index (χ4n) is 14.4. The Kier molecular flexibility index (Phi) is 15.6. The Bertz CT molecular complexity index is 4090. The molecular weight excluding hydrogens is 1180 g/mol. The molecule has 482 valence electrons. The molecule has 0 aliphatic carbocycles. The number of anilines is 6. The number of rotatable bonds is 6. The molecule has 0 fully saturated rings. The van der Waals surface area contributed by atoms with Crippen LogP contribution in [0, 0.1) is 0 Å². The minimum Gasteiger partial charge on any atom is -0.458 e. The summed E-state index contributed by atoms with van der Waals surface area (Å²) in [7, 11) is 0. The first-order chi connectivity index (χ1) is 43.6. The zero-order chi connectivity index (χ0) is 67.7. The molecule has 0 saturated carbocycles. The summed E-state index contributed by atoms with van der Waals surface area (Å²) >= 11 is 3.84. The van der Waals surface area contributed by atoms with Crippen LogP contribution in [0.15, 0.2) is 177 Å². The molecule has 4 nitrogen and oxygen atoms in total. The largest absolute Gasteiger partial charge is 0.458 e. The fraction of sp³-hybridized carbons (Fsp3) is 0.372. The van der Waals surface area contributed by atoms with Gasteiger partial charge < -0.3 is 19.3 Å². The summed E-state index contributed by atoms with van der Waals surface area (Å²) in [6.45, 7) is 55.8. The smallest absolute Gasteiger partial charge is 0.254 e. The van der Waals surface area contributed by atoms with Crippen LogP contribution in [0.1, 0.15) is 211 Å². The lowest BCUT2D eigenvalue weighted by Crippen LogP contribution is -2.63. The van der Waals surface area contributed by atoms with E-state index < -0.39 is 0 Å². The second-order valence-corrected chi connectivity index (χ2v) is 37.8. The Morgan fingerprint density at radius 3 is 0.766 bits per heavy atom. The van der Waals surface area contributed by atoms with Gasteiger partial charge in [0.05, 0.1) is 11.4 Å². The summed E-state index contributed by atoms with van der Waals surface area (Å²) < 4.78 is 15.4. The SMILES string of the molecule is CC(C)(C)c1ccc(N(c2ccc(C(C)(C)C)cc2)c2cc3c4c(c2)Sc2cc(C(C)(C)C)cc(C(C)(C)C)c2B4c2cc4c(cc2O3)Oc2cc(N(c3ccc(C(C)(C)C)cc3)c3ccc(C(C)(C)C)cc3)cc3c2B4c2c(cc(C(C)(C)C)cc2C(C)(C)C)S3)cc1. The summed E-state index contributed by atoms with van der Waals surface area (Å²) in [5.74, 6) is 3.41. The third kappa shape index (κ3) is 11.9. The molecular formula is C86H98B2N2O2S2. The van der Waals surface area contributed by atoms with Crippen LogP contribution in [0.25, 0.3) is 0 Å². The molecule has 8 heteroatoms.